The van der Waals surface area contributed by atoms with Gasteiger partial charge in [0.25, 0.3) is 0 Å². The van der Waals surface area contributed by atoms with E-state index in [-0.39, 0.29) is 17.9 Å². The van der Waals surface area contributed by atoms with Crippen LogP contribution >= 0.6 is 0 Å². The molecule has 168 valence electrons. The van der Waals surface area contributed by atoms with Crippen molar-refractivity contribution >= 4 is 0 Å². The molecule has 1 rings (SSSR count). The Balaban J connectivity index is 2.59. The predicted molar refractivity (Wildman–Crippen MR) is 106 cm³/mol. The fourth-order valence-corrected chi connectivity index (χ4v) is 3.74. The minimum atomic E-state index is -2.11. The van der Waals surface area contributed by atoms with E-state index in [1.165, 1.54) is 32.1 Å². The first-order chi connectivity index (χ1) is 13.7. The minimum absolute atomic E-state index is 0.178. The molecule has 0 bridgehead atoms. The number of halogens is 5. The summed E-state index contributed by atoms with van der Waals surface area (Å²) in [6.07, 6.45) is 9.78. The van der Waals surface area contributed by atoms with E-state index >= 15 is 0 Å². The molecule has 1 nitrogen and oxygen atoms in total. The molecule has 1 aromatic rings. The van der Waals surface area contributed by atoms with Crippen LogP contribution in [-0.4, -0.2) is 12.7 Å². The molecule has 1 aromatic carbocycles. The van der Waals surface area contributed by atoms with Crippen LogP contribution in [0.15, 0.2) is 0 Å². The van der Waals surface area contributed by atoms with Gasteiger partial charge in [0.2, 0.25) is 5.82 Å². The molecule has 1 atom stereocenters. The van der Waals surface area contributed by atoms with E-state index in [0.717, 1.165) is 19.3 Å². The summed E-state index contributed by atoms with van der Waals surface area (Å²) in [6, 6.07) is 0. The van der Waals surface area contributed by atoms with Gasteiger partial charge in [-0.15, -0.1) is 0 Å². The first kappa shape index (κ1) is 25.9. The summed E-state index contributed by atoms with van der Waals surface area (Å²) in [5.41, 5.74) is -1.05. The van der Waals surface area contributed by atoms with Crippen molar-refractivity contribution < 1.29 is 26.7 Å². The molecule has 0 heterocycles. The molecule has 1 unspecified atom stereocenters. The Morgan fingerprint density at radius 3 is 1.66 bits per heavy atom. The minimum Gasteiger partial charge on any atom is -0.379 e. The van der Waals surface area contributed by atoms with Gasteiger partial charge in [-0.1, -0.05) is 51.9 Å². The molecule has 0 amide bonds. The number of methoxy groups -OCH3 is 1. The molecular formula is C23H35F5O. The summed E-state index contributed by atoms with van der Waals surface area (Å²) >= 11 is 0. The molecule has 0 aliphatic heterocycles. The summed E-state index contributed by atoms with van der Waals surface area (Å²) < 4.78 is 73.0. The zero-order valence-electron chi connectivity index (χ0n) is 18.2. The fourth-order valence-electron chi connectivity index (χ4n) is 3.74. The second-order valence-corrected chi connectivity index (χ2v) is 8.36. The molecule has 0 aliphatic rings. The maximum Gasteiger partial charge on any atom is 0.200 e. The molecule has 0 aliphatic carbocycles. The quantitative estimate of drug-likeness (QED) is 0.128. The highest BCUT2D eigenvalue weighted by Crippen LogP contribution is 2.31. The number of unbranched alkanes of at least 4 members (excludes halogenated alkanes) is 6. The maximum atomic E-state index is 13.8. The molecule has 6 heteroatoms. The first-order valence-electron chi connectivity index (χ1n) is 10.7. The lowest BCUT2D eigenvalue weighted by Gasteiger charge is -2.33. The van der Waals surface area contributed by atoms with Crippen molar-refractivity contribution in [3.63, 3.8) is 0 Å². The normalized spacial score (nSPS) is 13.1. The Morgan fingerprint density at radius 1 is 0.690 bits per heavy atom. The SMILES string of the molecule is CCCCCCCCC(CCCCc1c(F)c(F)c(F)c(F)c1F)C(C)(C)OC. The van der Waals surface area contributed by atoms with Gasteiger partial charge in [0.15, 0.2) is 23.3 Å². The highest BCUT2D eigenvalue weighted by atomic mass is 19.2. The summed E-state index contributed by atoms with van der Waals surface area (Å²) in [5.74, 6) is -9.02. The molecule has 0 spiro atoms. The lowest BCUT2D eigenvalue weighted by molar-refractivity contribution is -0.0352. The third-order valence-electron chi connectivity index (χ3n) is 5.95. The Labute approximate surface area is 172 Å². The van der Waals surface area contributed by atoms with Gasteiger partial charge in [0.1, 0.15) is 0 Å². The number of hydrogen-bond donors (Lipinski definition) is 0. The van der Waals surface area contributed by atoms with Crippen molar-refractivity contribution in [2.75, 3.05) is 7.11 Å². The van der Waals surface area contributed by atoms with Gasteiger partial charge in [0.05, 0.1) is 5.60 Å². The van der Waals surface area contributed by atoms with Crippen molar-refractivity contribution in [1.82, 2.24) is 0 Å². The van der Waals surface area contributed by atoms with Crippen LogP contribution in [-0.2, 0) is 11.2 Å². The van der Waals surface area contributed by atoms with Crippen molar-refractivity contribution in [1.29, 1.82) is 0 Å². The van der Waals surface area contributed by atoms with E-state index < -0.39 is 34.6 Å². The predicted octanol–water partition coefficient (Wildman–Crippen LogP) is 7.89. The molecule has 29 heavy (non-hydrogen) atoms. The van der Waals surface area contributed by atoms with Crippen LogP contribution in [0.1, 0.15) is 90.5 Å². The largest absolute Gasteiger partial charge is 0.379 e. The van der Waals surface area contributed by atoms with Crippen molar-refractivity contribution in [3.8, 4) is 0 Å². The topological polar surface area (TPSA) is 9.23 Å². The fraction of sp³-hybridized carbons (Fsp3) is 0.739. The molecule has 0 radical (unpaired) electrons. The Hall–Kier alpha value is -1.17. The highest BCUT2D eigenvalue weighted by Gasteiger charge is 2.29. The average Bonchev–Trinajstić information content (AvgIpc) is 2.70. The van der Waals surface area contributed by atoms with E-state index in [4.69, 9.17) is 4.74 Å². The summed E-state index contributed by atoms with van der Waals surface area (Å²) in [7, 11) is 1.67. The van der Waals surface area contributed by atoms with Gasteiger partial charge in [-0.05, 0) is 45.4 Å². The second-order valence-electron chi connectivity index (χ2n) is 8.36. The van der Waals surface area contributed by atoms with Crippen LogP contribution in [0.25, 0.3) is 0 Å². The third-order valence-corrected chi connectivity index (χ3v) is 5.95. The molecule has 0 aromatic heterocycles. The molecular weight excluding hydrogens is 387 g/mol. The second kappa shape index (κ2) is 12.5. The Kier molecular flexibility index (Phi) is 11.2. The average molecular weight is 423 g/mol. The lowest BCUT2D eigenvalue weighted by Crippen LogP contribution is -2.33. The van der Waals surface area contributed by atoms with E-state index in [0.29, 0.717) is 12.8 Å². The number of ether oxygens (including phenoxy) is 1. The molecule has 0 saturated carbocycles. The van der Waals surface area contributed by atoms with E-state index in [1.54, 1.807) is 7.11 Å². The van der Waals surface area contributed by atoms with Crippen molar-refractivity contribution in [2.24, 2.45) is 5.92 Å². The number of hydrogen-bond acceptors (Lipinski definition) is 1. The van der Waals surface area contributed by atoms with Gasteiger partial charge in [-0.25, -0.2) is 22.0 Å². The first-order valence-corrected chi connectivity index (χ1v) is 10.7. The smallest absolute Gasteiger partial charge is 0.200 e. The zero-order chi connectivity index (χ0) is 22.0. The highest BCUT2D eigenvalue weighted by molar-refractivity contribution is 5.24. The van der Waals surface area contributed by atoms with E-state index in [2.05, 4.69) is 6.92 Å². The monoisotopic (exact) mass is 422 g/mol. The number of rotatable bonds is 14. The molecule has 0 N–H and O–H groups in total. The van der Waals surface area contributed by atoms with E-state index in [1.807, 2.05) is 13.8 Å². The van der Waals surface area contributed by atoms with Gasteiger partial charge in [-0.2, -0.15) is 0 Å². The Bertz CT molecular complexity index is 601. The zero-order valence-corrected chi connectivity index (χ0v) is 18.2. The Morgan fingerprint density at radius 2 is 1.14 bits per heavy atom. The summed E-state index contributed by atoms with van der Waals surface area (Å²) in [5, 5.41) is 0. The maximum absolute atomic E-state index is 13.8. The summed E-state index contributed by atoms with van der Waals surface area (Å²) in [4.78, 5) is 0. The molecule has 0 saturated heterocycles. The lowest BCUT2D eigenvalue weighted by atomic mass is 9.82. The van der Waals surface area contributed by atoms with Crippen LogP contribution in [0.5, 0.6) is 0 Å². The van der Waals surface area contributed by atoms with Crippen molar-refractivity contribution in [3.05, 3.63) is 34.6 Å². The standard InChI is InChI=1S/C23H35F5O/c1-5-6-7-8-9-10-13-16(23(2,3)29-4)14-11-12-15-17-18(24)20(26)22(28)21(27)19(17)25/h16H,5-15H2,1-4H3. The van der Waals surface area contributed by atoms with Crippen LogP contribution in [0.3, 0.4) is 0 Å². The van der Waals surface area contributed by atoms with E-state index in [9.17, 15) is 22.0 Å². The van der Waals surface area contributed by atoms with Crippen LogP contribution in [0.4, 0.5) is 22.0 Å². The van der Waals surface area contributed by atoms with Crippen molar-refractivity contribution in [2.45, 2.75) is 97.0 Å². The van der Waals surface area contributed by atoms with Gasteiger partial charge >= 0.3 is 0 Å². The van der Waals surface area contributed by atoms with Crippen LogP contribution in [0, 0.1) is 35.0 Å². The third kappa shape index (κ3) is 7.54. The summed E-state index contributed by atoms with van der Waals surface area (Å²) in [6.45, 7) is 6.24. The van der Waals surface area contributed by atoms with Gasteiger partial charge in [0, 0.05) is 12.7 Å². The van der Waals surface area contributed by atoms with Gasteiger partial charge < -0.3 is 4.74 Å². The molecule has 0 fully saturated rings. The van der Waals surface area contributed by atoms with Crippen LogP contribution < -0.4 is 0 Å². The van der Waals surface area contributed by atoms with Crippen LogP contribution in [0.2, 0.25) is 0 Å². The van der Waals surface area contributed by atoms with Gasteiger partial charge in [-0.3, -0.25) is 0 Å². The number of benzene rings is 1.